The number of hydrogen-bond donors (Lipinski definition) is 0. The fraction of sp³-hybridized carbons (Fsp3) is 0.0417. The van der Waals surface area contributed by atoms with Crippen molar-refractivity contribution in [3.8, 4) is 22.6 Å². The summed E-state index contributed by atoms with van der Waals surface area (Å²) in [6.45, 7) is 0. The number of furan rings is 2. The summed E-state index contributed by atoms with van der Waals surface area (Å²) in [4.78, 5) is 12.4. The first-order chi connectivity index (χ1) is 15.2. The Kier molecular flexibility index (Phi) is 6.00. The van der Waals surface area contributed by atoms with E-state index in [0.29, 0.717) is 27.1 Å². The fourth-order valence-electron chi connectivity index (χ4n) is 2.99. The van der Waals surface area contributed by atoms with Gasteiger partial charge in [0.15, 0.2) is 5.76 Å². The molecule has 0 amide bonds. The standard InChI is InChI=1S/C24H13Cl2F3O3/c25-16-4-7-19(26)18(13-16)22-10-11-23(32-22)20(30)8-5-17-6-9-21(31-17)14-2-1-3-15(12-14)24(27,28)29/h1-13H. The molecule has 32 heavy (non-hydrogen) atoms. The molecule has 0 saturated carbocycles. The predicted molar refractivity (Wildman–Crippen MR) is 117 cm³/mol. The molecule has 0 radical (unpaired) electrons. The maximum absolute atomic E-state index is 12.9. The zero-order valence-corrected chi connectivity index (χ0v) is 17.6. The average Bonchev–Trinajstić information content (AvgIpc) is 3.43. The van der Waals surface area contributed by atoms with Gasteiger partial charge in [0.2, 0.25) is 5.78 Å². The van der Waals surface area contributed by atoms with Gasteiger partial charge in [-0.05, 0) is 66.7 Å². The third-order valence-corrected chi connectivity index (χ3v) is 5.11. The van der Waals surface area contributed by atoms with Crippen LogP contribution in [0.25, 0.3) is 28.7 Å². The molecule has 0 spiro atoms. The second-order valence-electron chi connectivity index (χ2n) is 6.77. The zero-order chi connectivity index (χ0) is 22.9. The van der Waals surface area contributed by atoms with Crippen LogP contribution in [-0.2, 0) is 6.18 Å². The Balaban J connectivity index is 1.50. The Morgan fingerprint density at radius 1 is 0.875 bits per heavy atom. The van der Waals surface area contributed by atoms with E-state index in [4.69, 9.17) is 32.0 Å². The Bertz CT molecular complexity index is 1320. The Morgan fingerprint density at radius 3 is 2.44 bits per heavy atom. The highest BCUT2D eigenvalue weighted by Gasteiger charge is 2.30. The van der Waals surface area contributed by atoms with Gasteiger partial charge in [0.1, 0.15) is 17.3 Å². The maximum atomic E-state index is 12.9. The molecule has 4 aromatic rings. The van der Waals surface area contributed by atoms with Gasteiger partial charge >= 0.3 is 6.18 Å². The summed E-state index contributed by atoms with van der Waals surface area (Å²) in [6, 6.07) is 15.9. The van der Waals surface area contributed by atoms with Gasteiger partial charge in [-0.1, -0.05) is 35.3 Å². The molecule has 0 aliphatic carbocycles. The van der Waals surface area contributed by atoms with Gasteiger partial charge in [-0.25, -0.2) is 0 Å². The van der Waals surface area contributed by atoms with E-state index >= 15 is 0 Å². The summed E-state index contributed by atoms with van der Waals surface area (Å²) in [5, 5.41) is 0.902. The van der Waals surface area contributed by atoms with Crippen molar-refractivity contribution in [3.05, 3.63) is 99.9 Å². The molecule has 3 nitrogen and oxygen atoms in total. The van der Waals surface area contributed by atoms with Crippen LogP contribution in [0.15, 0.2) is 81.6 Å². The number of benzene rings is 2. The Labute approximate surface area is 190 Å². The molecular weight excluding hydrogens is 464 g/mol. The highest BCUT2D eigenvalue weighted by molar-refractivity contribution is 6.35. The minimum atomic E-state index is -4.45. The van der Waals surface area contributed by atoms with Crippen LogP contribution < -0.4 is 0 Å². The lowest BCUT2D eigenvalue weighted by atomic mass is 10.1. The van der Waals surface area contributed by atoms with Crippen LogP contribution in [0.3, 0.4) is 0 Å². The lowest BCUT2D eigenvalue weighted by Gasteiger charge is -2.07. The van der Waals surface area contributed by atoms with Crippen molar-refractivity contribution in [2.24, 2.45) is 0 Å². The number of ketones is 1. The van der Waals surface area contributed by atoms with E-state index in [1.165, 1.54) is 36.4 Å². The summed E-state index contributed by atoms with van der Waals surface area (Å²) >= 11 is 12.1. The minimum absolute atomic E-state index is 0.0805. The van der Waals surface area contributed by atoms with Crippen molar-refractivity contribution in [1.29, 1.82) is 0 Å². The number of carbonyl (C=O) groups is 1. The number of allylic oxidation sites excluding steroid dienone is 1. The third kappa shape index (κ3) is 4.82. The van der Waals surface area contributed by atoms with Crippen molar-refractivity contribution in [2.45, 2.75) is 6.18 Å². The van der Waals surface area contributed by atoms with E-state index in [9.17, 15) is 18.0 Å². The summed E-state index contributed by atoms with van der Waals surface area (Å²) in [6.07, 6.45) is -1.79. The molecule has 0 fully saturated rings. The SMILES string of the molecule is O=C(C=Cc1ccc(-c2cccc(C(F)(F)F)c2)o1)c1ccc(-c2cc(Cl)ccc2Cl)o1. The predicted octanol–water partition coefficient (Wildman–Crippen LogP) is 8.43. The lowest BCUT2D eigenvalue weighted by molar-refractivity contribution is -0.137. The first-order valence-corrected chi connectivity index (χ1v) is 10.0. The van der Waals surface area contributed by atoms with Gasteiger partial charge in [-0.2, -0.15) is 13.2 Å². The summed E-state index contributed by atoms with van der Waals surface area (Å²) in [5.74, 6) is 0.594. The fourth-order valence-corrected chi connectivity index (χ4v) is 3.37. The van der Waals surface area contributed by atoms with E-state index in [1.807, 2.05) is 0 Å². The maximum Gasteiger partial charge on any atom is 0.416 e. The molecule has 8 heteroatoms. The first-order valence-electron chi connectivity index (χ1n) is 9.26. The molecule has 0 N–H and O–H groups in total. The van der Waals surface area contributed by atoms with Crippen molar-refractivity contribution >= 4 is 35.1 Å². The zero-order valence-electron chi connectivity index (χ0n) is 16.1. The van der Waals surface area contributed by atoms with Crippen molar-refractivity contribution in [2.75, 3.05) is 0 Å². The van der Waals surface area contributed by atoms with Crippen LogP contribution in [0, 0.1) is 0 Å². The Morgan fingerprint density at radius 2 is 1.66 bits per heavy atom. The van der Waals surface area contributed by atoms with E-state index in [2.05, 4.69) is 0 Å². The number of rotatable bonds is 5. The van der Waals surface area contributed by atoms with Crippen molar-refractivity contribution < 1.29 is 26.8 Å². The second kappa shape index (κ2) is 8.73. The average molecular weight is 477 g/mol. The van der Waals surface area contributed by atoms with E-state index in [1.54, 1.807) is 30.3 Å². The highest BCUT2D eigenvalue weighted by atomic mass is 35.5. The monoisotopic (exact) mass is 476 g/mol. The van der Waals surface area contributed by atoms with Gasteiger partial charge < -0.3 is 8.83 Å². The van der Waals surface area contributed by atoms with Crippen LogP contribution in [-0.4, -0.2) is 5.78 Å². The van der Waals surface area contributed by atoms with E-state index in [0.717, 1.165) is 12.1 Å². The molecule has 162 valence electrons. The topological polar surface area (TPSA) is 43.4 Å². The molecule has 0 atom stereocenters. The normalized spacial score (nSPS) is 11.9. The smallest absolute Gasteiger partial charge is 0.416 e. The van der Waals surface area contributed by atoms with Crippen LogP contribution in [0.1, 0.15) is 21.9 Å². The second-order valence-corrected chi connectivity index (χ2v) is 7.61. The van der Waals surface area contributed by atoms with Crippen LogP contribution >= 0.6 is 23.2 Å². The quantitative estimate of drug-likeness (QED) is 0.214. The molecular formula is C24H13Cl2F3O3. The minimum Gasteiger partial charge on any atom is -0.457 e. The molecule has 2 heterocycles. The number of halogens is 5. The van der Waals surface area contributed by atoms with Gasteiger partial charge in [0.25, 0.3) is 0 Å². The number of hydrogen-bond acceptors (Lipinski definition) is 3. The Hall–Kier alpha value is -3.22. The molecule has 0 aliphatic rings. The van der Waals surface area contributed by atoms with Crippen LogP contribution in [0.5, 0.6) is 0 Å². The number of carbonyl (C=O) groups excluding carboxylic acids is 1. The molecule has 0 unspecified atom stereocenters. The molecule has 0 saturated heterocycles. The molecule has 0 aliphatic heterocycles. The summed E-state index contributed by atoms with van der Waals surface area (Å²) < 4.78 is 49.9. The lowest BCUT2D eigenvalue weighted by Crippen LogP contribution is -2.04. The molecule has 2 aromatic carbocycles. The highest BCUT2D eigenvalue weighted by Crippen LogP contribution is 2.33. The largest absolute Gasteiger partial charge is 0.457 e. The molecule has 4 rings (SSSR count). The molecule has 2 aromatic heterocycles. The first kappa shape index (κ1) is 22.0. The van der Waals surface area contributed by atoms with Crippen LogP contribution in [0.4, 0.5) is 13.2 Å². The van der Waals surface area contributed by atoms with Gasteiger partial charge in [0, 0.05) is 16.1 Å². The molecule has 0 bridgehead atoms. The van der Waals surface area contributed by atoms with E-state index < -0.39 is 17.5 Å². The van der Waals surface area contributed by atoms with Crippen LogP contribution in [0.2, 0.25) is 10.0 Å². The van der Waals surface area contributed by atoms with Crippen molar-refractivity contribution in [1.82, 2.24) is 0 Å². The van der Waals surface area contributed by atoms with Crippen molar-refractivity contribution in [3.63, 3.8) is 0 Å². The summed E-state index contributed by atoms with van der Waals surface area (Å²) in [7, 11) is 0. The third-order valence-electron chi connectivity index (χ3n) is 4.54. The van der Waals surface area contributed by atoms with E-state index in [-0.39, 0.29) is 17.1 Å². The van der Waals surface area contributed by atoms with Gasteiger partial charge in [-0.15, -0.1) is 0 Å². The number of alkyl halides is 3. The van der Waals surface area contributed by atoms with Gasteiger partial charge in [-0.3, -0.25) is 4.79 Å². The summed E-state index contributed by atoms with van der Waals surface area (Å²) in [5.41, 5.74) is 0.0611. The van der Waals surface area contributed by atoms with Gasteiger partial charge in [0.05, 0.1) is 10.6 Å².